The molecule has 6 N–H and O–H groups in total. The van der Waals surface area contributed by atoms with E-state index in [-0.39, 0.29) is 23.5 Å². The van der Waals surface area contributed by atoms with E-state index in [1.165, 1.54) is 0 Å². The number of nitrogens with two attached hydrogens (primary N) is 2. The Kier molecular flexibility index (Phi) is 5.01. The van der Waals surface area contributed by atoms with Gasteiger partial charge in [0.05, 0.1) is 0 Å². The highest BCUT2D eigenvalue weighted by Gasteiger charge is 2.36. The summed E-state index contributed by atoms with van der Waals surface area (Å²) in [5, 5.41) is 23.7. The molecule has 0 radical (unpaired) electrons. The van der Waals surface area contributed by atoms with Crippen molar-refractivity contribution >= 4 is 11.7 Å². The molecule has 104 valence electrons. The molecule has 0 bridgehead atoms. The molecule has 0 aromatic rings. The van der Waals surface area contributed by atoms with Crippen LogP contribution >= 0.6 is 0 Å². The minimum absolute atomic E-state index is 0.0316. The van der Waals surface area contributed by atoms with Crippen molar-refractivity contribution in [3.8, 4) is 0 Å². The first-order chi connectivity index (χ1) is 7.98. The number of hydrogen-bond acceptors (Lipinski definition) is 4. The van der Waals surface area contributed by atoms with Crippen molar-refractivity contribution in [2.45, 2.75) is 52.6 Å². The van der Waals surface area contributed by atoms with Gasteiger partial charge in [-0.15, -0.1) is 0 Å². The van der Waals surface area contributed by atoms with Gasteiger partial charge in [-0.05, 0) is 25.7 Å². The molecule has 0 rings (SSSR count). The third-order valence-electron chi connectivity index (χ3n) is 3.80. The summed E-state index contributed by atoms with van der Waals surface area (Å²) < 4.78 is 0. The maximum Gasteiger partial charge on any atom is 0.137 e. The lowest BCUT2D eigenvalue weighted by Gasteiger charge is -2.31. The molecule has 0 aromatic heterocycles. The second kappa shape index (κ2) is 5.46. The molecule has 2 unspecified atom stereocenters. The zero-order chi connectivity index (χ0) is 14.7. The van der Waals surface area contributed by atoms with Gasteiger partial charge >= 0.3 is 0 Å². The lowest BCUT2D eigenvalue weighted by Crippen LogP contribution is -2.46. The highest BCUT2D eigenvalue weighted by atomic mass is 15.2. The Bertz CT molecular complexity index is 326. The summed E-state index contributed by atoms with van der Waals surface area (Å²) in [6, 6.07) is 0. The van der Waals surface area contributed by atoms with Gasteiger partial charge in [-0.2, -0.15) is 10.2 Å². The van der Waals surface area contributed by atoms with Crippen molar-refractivity contribution in [3.05, 3.63) is 0 Å². The molecule has 0 heterocycles. The average molecular weight is 254 g/mol. The SMILES string of the molecule is CC(C)C(C)(N=NC(C)(C(=N)N)C(C)C)C(=N)N. The Labute approximate surface area is 109 Å². The van der Waals surface area contributed by atoms with Crippen LogP contribution in [0.3, 0.4) is 0 Å². The van der Waals surface area contributed by atoms with Crippen LogP contribution < -0.4 is 11.5 Å². The highest BCUT2D eigenvalue weighted by molar-refractivity contribution is 5.88. The maximum atomic E-state index is 7.64. The fourth-order valence-corrected chi connectivity index (χ4v) is 1.17. The summed E-state index contributed by atoms with van der Waals surface area (Å²) in [5.74, 6) is 0.0241. The van der Waals surface area contributed by atoms with Crippen LogP contribution in [0.15, 0.2) is 10.2 Å². The number of nitrogens with zero attached hydrogens (tertiary/aromatic N) is 2. The molecule has 0 saturated heterocycles. The van der Waals surface area contributed by atoms with Gasteiger partial charge in [0.15, 0.2) is 0 Å². The summed E-state index contributed by atoms with van der Waals surface area (Å²) in [6.45, 7) is 11.3. The number of hydrogen-bond donors (Lipinski definition) is 4. The first-order valence-electron chi connectivity index (χ1n) is 6.11. The molecular formula is C12H26N6. The van der Waals surface area contributed by atoms with Crippen LogP contribution in [0.5, 0.6) is 0 Å². The van der Waals surface area contributed by atoms with Crippen LogP contribution in [-0.2, 0) is 0 Å². The second-order valence-corrected chi connectivity index (χ2v) is 5.63. The van der Waals surface area contributed by atoms with E-state index in [1.54, 1.807) is 13.8 Å². The molecule has 0 saturated carbocycles. The zero-order valence-corrected chi connectivity index (χ0v) is 12.2. The molecular weight excluding hydrogens is 228 g/mol. The third-order valence-corrected chi connectivity index (χ3v) is 3.80. The molecule has 0 aliphatic heterocycles. The van der Waals surface area contributed by atoms with Gasteiger partial charge in [0.25, 0.3) is 0 Å². The Morgan fingerprint density at radius 2 is 1.06 bits per heavy atom. The van der Waals surface area contributed by atoms with E-state index >= 15 is 0 Å². The quantitative estimate of drug-likeness (QED) is 0.329. The van der Waals surface area contributed by atoms with Gasteiger partial charge in [-0.3, -0.25) is 10.8 Å². The normalized spacial score (nSPS) is 18.9. The van der Waals surface area contributed by atoms with Crippen LogP contribution in [0.4, 0.5) is 0 Å². The van der Waals surface area contributed by atoms with Crippen LogP contribution in [-0.4, -0.2) is 22.7 Å². The highest BCUT2D eigenvalue weighted by Crippen LogP contribution is 2.27. The molecule has 0 aliphatic carbocycles. The van der Waals surface area contributed by atoms with E-state index in [2.05, 4.69) is 10.2 Å². The van der Waals surface area contributed by atoms with Crippen LogP contribution in [0.25, 0.3) is 0 Å². The average Bonchev–Trinajstić information content (AvgIpc) is 2.23. The minimum atomic E-state index is -0.856. The van der Waals surface area contributed by atoms with E-state index < -0.39 is 11.1 Å². The number of nitrogens with one attached hydrogen (secondary N) is 2. The van der Waals surface area contributed by atoms with Crippen LogP contribution in [0.1, 0.15) is 41.5 Å². The molecule has 0 aliphatic rings. The fraction of sp³-hybridized carbons (Fsp3) is 0.833. The molecule has 18 heavy (non-hydrogen) atoms. The Balaban J connectivity index is 5.45. The van der Waals surface area contributed by atoms with Crippen molar-refractivity contribution in [2.75, 3.05) is 0 Å². The second-order valence-electron chi connectivity index (χ2n) is 5.63. The Morgan fingerprint density at radius 1 is 0.833 bits per heavy atom. The Morgan fingerprint density at radius 3 is 1.17 bits per heavy atom. The van der Waals surface area contributed by atoms with Gasteiger partial charge in [-0.1, -0.05) is 27.7 Å². The fourth-order valence-electron chi connectivity index (χ4n) is 1.17. The molecule has 0 spiro atoms. The zero-order valence-electron chi connectivity index (χ0n) is 12.2. The predicted octanol–water partition coefficient (Wildman–Crippen LogP) is 2.14. The molecule has 0 aromatic carbocycles. The maximum absolute atomic E-state index is 7.64. The summed E-state index contributed by atoms with van der Waals surface area (Å²) in [6.07, 6.45) is 0. The van der Waals surface area contributed by atoms with Crippen LogP contribution in [0.2, 0.25) is 0 Å². The summed E-state index contributed by atoms with van der Waals surface area (Å²) in [7, 11) is 0. The molecule has 6 nitrogen and oxygen atoms in total. The molecule has 0 amide bonds. The molecule has 6 heteroatoms. The van der Waals surface area contributed by atoms with Crippen molar-refractivity contribution in [3.63, 3.8) is 0 Å². The first kappa shape index (κ1) is 16.5. The van der Waals surface area contributed by atoms with Crippen LogP contribution in [0, 0.1) is 22.7 Å². The summed E-state index contributed by atoms with van der Waals surface area (Å²) in [5.41, 5.74) is 9.49. The number of azo groups is 1. The third kappa shape index (κ3) is 3.05. The van der Waals surface area contributed by atoms with E-state index in [4.69, 9.17) is 22.3 Å². The topological polar surface area (TPSA) is 124 Å². The van der Waals surface area contributed by atoms with Gasteiger partial charge in [0.1, 0.15) is 22.7 Å². The van der Waals surface area contributed by atoms with Gasteiger partial charge < -0.3 is 11.5 Å². The van der Waals surface area contributed by atoms with Crippen molar-refractivity contribution in [1.29, 1.82) is 10.8 Å². The van der Waals surface area contributed by atoms with Gasteiger partial charge in [0.2, 0.25) is 0 Å². The Hall–Kier alpha value is -1.46. The van der Waals surface area contributed by atoms with Crippen molar-refractivity contribution in [2.24, 2.45) is 33.5 Å². The largest absolute Gasteiger partial charge is 0.386 e. The lowest BCUT2D eigenvalue weighted by molar-refractivity contribution is 0.370. The van der Waals surface area contributed by atoms with Crippen molar-refractivity contribution in [1.82, 2.24) is 0 Å². The van der Waals surface area contributed by atoms with E-state index in [9.17, 15) is 0 Å². The van der Waals surface area contributed by atoms with E-state index in [0.717, 1.165) is 0 Å². The summed E-state index contributed by atoms with van der Waals surface area (Å²) in [4.78, 5) is 0. The number of rotatable bonds is 6. The number of amidine groups is 2. The minimum Gasteiger partial charge on any atom is -0.386 e. The lowest BCUT2D eigenvalue weighted by atomic mass is 9.87. The van der Waals surface area contributed by atoms with E-state index in [0.29, 0.717) is 0 Å². The van der Waals surface area contributed by atoms with Crippen molar-refractivity contribution < 1.29 is 0 Å². The molecule has 2 atom stereocenters. The van der Waals surface area contributed by atoms with Gasteiger partial charge in [-0.25, -0.2) is 0 Å². The molecule has 0 fully saturated rings. The standard InChI is InChI=1S/C12H26N6/c1-7(2)11(5,9(13)14)17-18-12(6,8(3)4)10(15)16/h7-8H,1-6H3,(H3,13,14)(H3,15,16). The monoisotopic (exact) mass is 254 g/mol. The first-order valence-corrected chi connectivity index (χ1v) is 6.11. The predicted molar refractivity (Wildman–Crippen MR) is 75.2 cm³/mol. The smallest absolute Gasteiger partial charge is 0.137 e. The van der Waals surface area contributed by atoms with E-state index in [1.807, 2.05) is 27.7 Å². The summed E-state index contributed by atoms with van der Waals surface area (Å²) >= 11 is 0. The van der Waals surface area contributed by atoms with Gasteiger partial charge in [0, 0.05) is 0 Å².